The second kappa shape index (κ2) is 5.97. The molecule has 0 spiro atoms. The molecule has 3 rings (SSSR count). The Balaban J connectivity index is 2.15. The first-order valence-corrected chi connectivity index (χ1v) is 9.83. The summed E-state index contributed by atoms with van der Waals surface area (Å²) in [5.74, 6) is 0.237. The third-order valence-corrected chi connectivity index (χ3v) is 7.55. The number of esters is 1. The molecule has 0 aromatic heterocycles. The van der Waals surface area contributed by atoms with Gasteiger partial charge in [0.1, 0.15) is 6.10 Å². The van der Waals surface area contributed by atoms with Crippen molar-refractivity contribution >= 4 is 5.97 Å². The normalized spacial score (nSPS) is 44.0. The highest BCUT2D eigenvalue weighted by molar-refractivity contribution is 5.66. The molecule has 3 aliphatic rings. The Kier molecular flexibility index (Phi) is 4.47. The van der Waals surface area contributed by atoms with Crippen molar-refractivity contribution in [1.82, 2.24) is 0 Å². The molecule has 2 saturated carbocycles. The van der Waals surface area contributed by atoms with Crippen LogP contribution >= 0.6 is 0 Å². The Morgan fingerprint density at radius 1 is 1.32 bits per heavy atom. The number of hydrogen-bond acceptors (Lipinski definition) is 3. The molecule has 0 bridgehead atoms. The zero-order valence-corrected chi connectivity index (χ0v) is 16.5. The molecular weight excluding hydrogens is 312 g/mol. The minimum absolute atomic E-state index is 0.0415. The summed E-state index contributed by atoms with van der Waals surface area (Å²) in [4.78, 5) is 11.9. The van der Waals surface area contributed by atoms with Crippen LogP contribution in [0.3, 0.4) is 0 Å². The van der Waals surface area contributed by atoms with E-state index in [1.54, 1.807) is 0 Å². The molecule has 0 amide bonds. The fourth-order valence-corrected chi connectivity index (χ4v) is 5.78. The number of carbonyl (C=O) groups excluding carboxylic acids is 1. The molecule has 0 aliphatic heterocycles. The number of ether oxygens (including phenoxy) is 1. The van der Waals surface area contributed by atoms with Crippen LogP contribution in [0, 0.1) is 22.7 Å². The fourth-order valence-electron chi connectivity index (χ4n) is 5.78. The van der Waals surface area contributed by atoms with Gasteiger partial charge < -0.3 is 9.84 Å². The minimum atomic E-state index is -0.793. The summed E-state index contributed by atoms with van der Waals surface area (Å²) >= 11 is 0. The summed E-state index contributed by atoms with van der Waals surface area (Å²) in [7, 11) is 0. The summed E-state index contributed by atoms with van der Waals surface area (Å²) in [5, 5.41) is 11.5. The molecule has 2 fully saturated rings. The zero-order chi connectivity index (χ0) is 18.6. The summed E-state index contributed by atoms with van der Waals surface area (Å²) in [6, 6.07) is 0. The Morgan fingerprint density at radius 3 is 2.60 bits per heavy atom. The number of rotatable bonds is 2. The lowest BCUT2D eigenvalue weighted by molar-refractivity contribution is -0.152. The Hall–Kier alpha value is -1.09. The fraction of sp³-hybridized carbons (Fsp3) is 0.773. The lowest BCUT2D eigenvalue weighted by Crippen LogP contribution is -2.43. The van der Waals surface area contributed by atoms with E-state index in [2.05, 4.69) is 40.3 Å². The summed E-state index contributed by atoms with van der Waals surface area (Å²) < 4.78 is 5.85. The number of aliphatic hydroxyl groups is 1. The maximum absolute atomic E-state index is 11.9. The lowest BCUT2D eigenvalue weighted by atomic mass is 9.60. The van der Waals surface area contributed by atoms with Gasteiger partial charge in [0.15, 0.2) is 0 Å². The second-order valence-electron chi connectivity index (χ2n) is 9.52. The molecular formula is C22H34O3. The Morgan fingerprint density at radius 2 is 2.00 bits per heavy atom. The molecule has 0 aromatic carbocycles. The van der Waals surface area contributed by atoms with Gasteiger partial charge in [-0.05, 0) is 67.4 Å². The van der Waals surface area contributed by atoms with E-state index in [1.165, 1.54) is 12.5 Å². The highest BCUT2D eigenvalue weighted by Crippen LogP contribution is 2.62. The maximum Gasteiger partial charge on any atom is 0.303 e. The number of hydrogen-bond donors (Lipinski definition) is 1. The van der Waals surface area contributed by atoms with E-state index >= 15 is 0 Å². The monoisotopic (exact) mass is 346 g/mol. The molecule has 3 nitrogen and oxygen atoms in total. The van der Waals surface area contributed by atoms with Gasteiger partial charge in [0.2, 0.25) is 0 Å². The predicted molar refractivity (Wildman–Crippen MR) is 100.0 cm³/mol. The first kappa shape index (κ1) is 18.7. The van der Waals surface area contributed by atoms with Crippen molar-refractivity contribution in [1.29, 1.82) is 0 Å². The van der Waals surface area contributed by atoms with Gasteiger partial charge in [-0.2, -0.15) is 0 Å². The quantitative estimate of drug-likeness (QED) is 0.577. The van der Waals surface area contributed by atoms with Crippen LogP contribution < -0.4 is 0 Å². The zero-order valence-electron chi connectivity index (χ0n) is 16.5. The largest absolute Gasteiger partial charge is 0.458 e. The number of allylic oxidation sites excluding steroid dienone is 1. The van der Waals surface area contributed by atoms with Gasteiger partial charge in [-0.15, -0.1) is 0 Å². The van der Waals surface area contributed by atoms with E-state index in [9.17, 15) is 9.90 Å². The molecule has 25 heavy (non-hydrogen) atoms. The molecule has 0 radical (unpaired) electrons. The van der Waals surface area contributed by atoms with Gasteiger partial charge in [0, 0.05) is 12.3 Å². The SMILES string of the molecule is C=C1CCC[C@]2(C)[C@@H]1C[C@@]1(C)CC[C@](O)(C(C)C)C1=C[C@H]2OC(C)=O. The van der Waals surface area contributed by atoms with Crippen LogP contribution in [0.25, 0.3) is 0 Å². The van der Waals surface area contributed by atoms with Crippen molar-refractivity contribution < 1.29 is 14.6 Å². The van der Waals surface area contributed by atoms with E-state index in [1.807, 2.05) is 0 Å². The average molecular weight is 347 g/mol. The van der Waals surface area contributed by atoms with Crippen molar-refractivity contribution in [3.05, 3.63) is 23.8 Å². The molecule has 140 valence electrons. The van der Waals surface area contributed by atoms with Gasteiger partial charge in [-0.1, -0.05) is 39.8 Å². The standard InChI is InChI=1S/C22H34O3/c1-14(2)22(24)11-10-20(5)13-17-15(3)8-7-9-21(17,6)19(12-18(20)22)25-16(4)23/h12,14,17,19,24H,3,7-11,13H2,1-2,4-6H3/t17-,19-,20-,21-,22+/m1/s1. The van der Waals surface area contributed by atoms with E-state index < -0.39 is 5.60 Å². The number of carbonyl (C=O) groups is 1. The van der Waals surface area contributed by atoms with E-state index in [4.69, 9.17) is 4.74 Å². The van der Waals surface area contributed by atoms with Gasteiger partial charge in [0.05, 0.1) is 5.60 Å². The van der Waals surface area contributed by atoms with Crippen LogP contribution in [0.5, 0.6) is 0 Å². The van der Waals surface area contributed by atoms with Crippen LogP contribution in [0.4, 0.5) is 0 Å². The van der Waals surface area contributed by atoms with E-state index in [0.717, 1.165) is 44.1 Å². The van der Waals surface area contributed by atoms with Crippen LogP contribution in [0.1, 0.15) is 73.1 Å². The van der Waals surface area contributed by atoms with Crippen molar-refractivity contribution in [2.45, 2.75) is 84.8 Å². The third-order valence-electron chi connectivity index (χ3n) is 7.55. The first-order valence-electron chi connectivity index (χ1n) is 9.83. The second-order valence-corrected chi connectivity index (χ2v) is 9.52. The van der Waals surface area contributed by atoms with Gasteiger partial charge in [0.25, 0.3) is 0 Å². The summed E-state index contributed by atoms with van der Waals surface area (Å²) in [6.45, 7) is 14.6. The van der Waals surface area contributed by atoms with Crippen molar-refractivity contribution in [3.63, 3.8) is 0 Å². The van der Waals surface area contributed by atoms with Crippen LogP contribution in [-0.2, 0) is 9.53 Å². The molecule has 0 heterocycles. The van der Waals surface area contributed by atoms with Gasteiger partial charge in [-0.3, -0.25) is 4.79 Å². The van der Waals surface area contributed by atoms with Crippen LogP contribution in [0.2, 0.25) is 0 Å². The molecule has 0 saturated heterocycles. The Labute approximate surface area is 152 Å². The molecule has 0 aromatic rings. The molecule has 5 atom stereocenters. The van der Waals surface area contributed by atoms with Gasteiger partial charge in [-0.25, -0.2) is 0 Å². The predicted octanol–water partition coefficient (Wildman–Crippen LogP) is 4.80. The third kappa shape index (κ3) is 2.79. The Bertz CT molecular complexity index is 619. The van der Waals surface area contributed by atoms with E-state index in [-0.39, 0.29) is 28.8 Å². The first-order chi connectivity index (χ1) is 11.5. The van der Waals surface area contributed by atoms with E-state index in [0.29, 0.717) is 5.92 Å². The summed E-state index contributed by atoms with van der Waals surface area (Å²) in [6.07, 6.45) is 7.82. The van der Waals surface area contributed by atoms with Crippen LogP contribution in [0.15, 0.2) is 23.8 Å². The molecule has 1 N–H and O–H groups in total. The van der Waals surface area contributed by atoms with Crippen molar-refractivity contribution in [2.24, 2.45) is 22.7 Å². The highest BCUT2D eigenvalue weighted by atomic mass is 16.5. The lowest BCUT2D eigenvalue weighted by Gasteiger charge is -2.46. The number of fused-ring (bicyclic) bond motifs is 2. The van der Waals surface area contributed by atoms with Crippen molar-refractivity contribution in [2.75, 3.05) is 0 Å². The highest BCUT2D eigenvalue weighted by Gasteiger charge is 2.58. The molecule has 3 aliphatic carbocycles. The minimum Gasteiger partial charge on any atom is -0.458 e. The van der Waals surface area contributed by atoms with Crippen molar-refractivity contribution in [3.8, 4) is 0 Å². The van der Waals surface area contributed by atoms with Gasteiger partial charge >= 0.3 is 5.97 Å². The molecule has 3 heteroatoms. The summed E-state index contributed by atoms with van der Waals surface area (Å²) in [5.41, 5.74) is 1.43. The molecule has 0 unspecified atom stereocenters. The average Bonchev–Trinajstić information content (AvgIpc) is 2.71. The van der Waals surface area contributed by atoms with Crippen LogP contribution in [-0.4, -0.2) is 22.8 Å². The topological polar surface area (TPSA) is 46.5 Å². The smallest absolute Gasteiger partial charge is 0.303 e. The maximum atomic E-state index is 11.9.